The van der Waals surface area contributed by atoms with Crippen molar-refractivity contribution in [3.05, 3.63) is 5.82 Å². The van der Waals surface area contributed by atoms with E-state index in [2.05, 4.69) is 34.6 Å². The number of tetrazole rings is 1. The first-order chi connectivity index (χ1) is 6.61. The van der Waals surface area contributed by atoms with Crippen LogP contribution in [0.15, 0.2) is 0 Å². The molecule has 0 bridgehead atoms. The summed E-state index contributed by atoms with van der Waals surface area (Å²) in [5.74, 6) is 1.50. The number of nitrogens with zero attached hydrogens (tertiary/aromatic N) is 4. The quantitative estimate of drug-likeness (QED) is 0.741. The van der Waals surface area contributed by atoms with Gasteiger partial charge in [-0.15, -0.1) is 10.2 Å². The van der Waals surface area contributed by atoms with Gasteiger partial charge in [0.1, 0.15) is 0 Å². The Morgan fingerprint density at radius 1 is 1.43 bits per heavy atom. The van der Waals surface area contributed by atoms with Gasteiger partial charge in [0.05, 0.1) is 7.05 Å². The Kier molecular flexibility index (Phi) is 4.00. The first kappa shape index (κ1) is 11.1. The average Bonchev–Trinajstić information content (AvgIpc) is 2.49. The van der Waals surface area contributed by atoms with Gasteiger partial charge in [-0.05, 0) is 24.6 Å². The zero-order valence-electron chi connectivity index (χ0n) is 9.36. The Morgan fingerprint density at radius 2 is 2.14 bits per heavy atom. The van der Waals surface area contributed by atoms with Crippen LogP contribution in [0.2, 0.25) is 0 Å². The highest BCUT2D eigenvalue weighted by Gasteiger charge is 2.12. The fourth-order valence-corrected chi connectivity index (χ4v) is 1.50. The second-order valence-electron chi connectivity index (χ2n) is 4.01. The average molecular weight is 197 g/mol. The molecule has 0 aliphatic heterocycles. The first-order valence-corrected chi connectivity index (χ1v) is 5.02. The standard InChI is InChI=1S/C9H19N5/c1-7(2)5-8(10-3)6-9-11-13-14(4)12-9/h7-8,10H,5-6H2,1-4H3. The Balaban J connectivity index is 2.48. The molecule has 0 amide bonds. The third kappa shape index (κ3) is 3.41. The second kappa shape index (κ2) is 5.05. The van der Waals surface area contributed by atoms with Crippen LogP contribution in [-0.2, 0) is 13.5 Å². The minimum Gasteiger partial charge on any atom is -0.317 e. The molecule has 0 aliphatic carbocycles. The summed E-state index contributed by atoms with van der Waals surface area (Å²) in [6.07, 6.45) is 1.98. The van der Waals surface area contributed by atoms with Crippen molar-refractivity contribution in [1.82, 2.24) is 25.5 Å². The van der Waals surface area contributed by atoms with E-state index >= 15 is 0 Å². The third-order valence-corrected chi connectivity index (χ3v) is 2.14. The summed E-state index contributed by atoms with van der Waals surface area (Å²) in [6.45, 7) is 4.43. The minimum absolute atomic E-state index is 0.444. The predicted molar refractivity (Wildman–Crippen MR) is 54.8 cm³/mol. The van der Waals surface area contributed by atoms with Crippen molar-refractivity contribution >= 4 is 0 Å². The second-order valence-corrected chi connectivity index (χ2v) is 4.01. The lowest BCUT2D eigenvalue weighted by Gasteiger charge is -2.16. The Morgan fingerprint density at radius 3 is 2.57 bits per heavy atom. The van der Waals surface area contributed by atoms with Crippen LogP contribution in [0.25, 0.3) is 0 Å². The van der Waals surface area contributed by atoms with Gasteiger partial charge in [0.2, 0.25) is 0 Å². The molecular weight excluding hydrogens is 178 g/mol. The summed E-state index contributed by atoms with van der Waals surface area (Å²) >= 11 is 0. The molecule has 1 N–H and O–H groups in total. The van der Waals surface area contributed by atoms with Crippen molar-refractivity contribution in [1.29, 1.82) is 0 Å². The number of likely N-dealkylation sites (N-methyl/N-ethyl adjacent to an activating group) is 1. The number of rotatable bonds is 5. The lowest BCUT2D eigenvalue weighted by atomic mass is 10.0. The van der Waals surface area contributed by atoms with Gasteiger partial charge in [0.25, 0.3) is 0 Å². The van der Waals surface area contributed by atoms with Gasteiger partial charge < -0.3 is 5.32 Å². The van der Waals surface area contributed by atoms with Crippen molar-refractivity contribution in [2.45, 2.75) is 32.7 Å². The molecule has 0 saturated carbocycles. The van der Waals surface area contributed by atoms with Crippen molar-refractivity contribution in [3.63, 3.8) is 0 Å². The largest absolute Gasteiger partial charge is 0.317 e. The molecule has 1 heterocycles. The van der Waals surface area contributed by atoms with E-state index in [1.54, 1.807) is 7.05 Å². The monoisotopic (exact) mass is 197 g/mol. The lowest BCUT2D eigenvalue weighted by Crippen LogP contribution is -2.29. The maximum atomic E-state index is 4.16. The normalized spacial score (nSPS) is 13.5. The molecule has 0 aliphatic rings. The van der Waals surface area contributed by atoms with Gasteiger partial charge in [-0.25, -0.2) is 0 Å². The fraction of sp³-hybridized carbons (Fsp3) is 0.889. The van der Waals surface area contributed by atoms with Crippen molar-refractivity contribution in [3.8, 4) is 0 Å². The highest BCUT2D eigenvalue weighted by atomic mass is 15.6. The SMILES string of the molecule is CNC(Cc1nnn(C)n1)CC(C)C. The van der Waals surface area contributed by atoms with Crippen LogP contribution in [0.3, 0.4) is 0 Å². The fourth-order valence-electron chi connectivity index (χ4n) is 1.50. The molecule has 1 unspecified atom stereocenters. The smallest absolute Gasteiger partial charge is 0.176 e. The van der Waals surface area contributed by atoms with Crippen molar-refractivity contribution in [2.24, 2.45) is 13.0 Å². The highest BCUT2D eigenvalue weighted by Crippen LogP contribution is 2.07. The van der Waals surface area contributed by atoms with Crippen LogP contribution in [0, 0.1) is 5.92 Å². The van der Waals surface area contributed by atoms with Gasteiger partial charge in [0.15, 0.2) is 5.82 Å². The molecule has 0 aromatic carbocycles. The number of hydrogen-bond acceptors (Lipinski definition) is 4. The molecule has 5 heteroatoms. The van der Waals surface area contributed by atoms with E-state index in [-0.39, 0.29) is 0 Å². The van der Waals surface area contributed by atoms with Crippen LogP contribution in [0.4, 0.5) is 0 Å². The van der Waals surface area contributed by atoms with E-state index < -0.39 is 0 Å². The molecule has 0 radical (unpaired) electrons. The molecule has 1 rings (SSSR count). The molecule has 14 heavy (non-hydrogen) atoms. The molecule has 5 nitrogen and oxygen atoms in total. The van der Waals surface area contributed by atoms with Crippen LogP contribution in [0.1, 0.15) is 26.1 Å². The van der Waals surface area contributed by atoms with E-state index in [1.165, 1.54) is 4.80 Å². The molecule has 0 saturated heterocycles. The summed E-state index contributed by atoms with van der Waals surface area (Å²) in [4.78, 5) is 1.50. The molecule has 1 atom stereocenters. The number of hydrogen-bond donors (Lipinski definition) is 1. The molecule has 1 aromatic rings. The zero-order chi connectivity index (χ0) is 10.6. The lowest BCUT2D eigenvalue weighted by molar-refractivity contribution is 0.434. The molecule has 0 fully saturated rings. The zero-order valence-corrected chi connectivity index (χ0v) is 9.36. The third-order valence-electron chi connectivity index (χ3n) is 2.14. The Hall–Kier alpha value is -0.970. The van der Waals surface area contributed by atoms with Crippen LogP contribution in [0.5, 0.6) is 0 Å². The van der Waals surface area contributed by atoms with E-state index in [0.29, 0.717) is 12.0 Å². The maximum absolute atomic E-state index is 4.16. The summed E-state index contributed by atoms with van der Waals surface area (Å²) in [5, 5.41) is 15.2. The van der Waals surface area contributed by atoms with Crippen molar-refractivity contribution in [2.75, 3.05) is 7.05 Å². The van der Waals surface area contributed by atoms with Gasteiger partial charge in [0, 0.05) is 12.5 Å². The van der Waals surface area contributed by atoms with Gasteiger partial charge in [-0.3, -0.25) is 0 Å². The number of nitrogens with one attached hydrogen (secondary N) is 1. The van der Waals surface area contributed by atoms with Gasteiger partial charge >= 0.3 is 0 Å². The van der Waals surface area contributed by atoms with E-state index in [1.807, 2.05) is 7.05 Å². The topological polar surface area (TPSA) is 55.6 Å². The summed E-state index contributed by atoms with van der Waals surface area (Å²) < 4.78 is 0. The minimum atomic E-state index is 0.444. The first-order valence-electron chi connectivity index (χ1n) is 5.02. The maximum Gasteiger partial charge on any atom is 0.176 e. The summed E-state index contributed by atoms with van der Waals surface area (Å²) in [7, 11) is 3.76. The summed E-state index contributed by atoms with van der Waals surface area (Å²) in [6, 6.07) is 0.444. The summed E-state index contributed by atoms with van der Waals surface area (Å²) in [5.41, 5.74) is 0. The number of aryl methyl sites for hydroxylation is 1. The van der Waals surface area contributed by atoms with E-state index in [0.717, 1.165) is 18.7 Å². The molecular formula is C9H19N5. The molecule has 1 aromatic heterocycles. The molecule has 80 valence electrons. The van der Waals surface area contributed by atoms with Gasteiger partial charge in [-0.1, -0.05) is 13.8 Å². The highest BCUT2D eigenvalue weighted by molar-refractivity contribution is 4.84. The van der Waals surface area contributed by atoms with Crippen molar-refractivity contribution < 1.29 is 0 Å². The number of aromatic nitrogens is 4. The van der Waals surface area contributed by atoms with Crippen LogP contribution < -0.4 is 5.32 Å². The Bertz CT molecular complexity index is 268. The van der Waals surface area contributed by atoms with E-state index in [4.69, 9.17) is 0 Å². The predicted octanol–water partition coefficient (Wildman–Crippen LogP) is 0.387. The Labute approximate surface area is 84.9 Å². The van der Waals surface area contributed by atoms with E-state index in [9.17, 15) is 0 Å². The van der Waals surface area contributed by atoms with Crippen LogP contribution >= 0.6 is 0 Å². The van der Waals surface area contributed by atoms with Crippen LogP contribution in [-0.4, -0.2) is 33.3 Å². The van der Waals surface area contributed by atoms with Gasteiger partial charge in [-0.2, -0.15) is 4.80 Å². The molecule has 0 spiro atoms.